The Morgan fingerprint density at radius 2 is 1.81 bits per heavy atom. The van der Waals surface area contributed by atoms with Gasteiger partial charge in [0.1, 0.15) is 11.5 Å². The van der Waals surface area contributed by atoms with Gasteiger partial charge in [-0.05, 0) is 29.8 Å². The molecular formula is C18H19N5O3. The maximum absolute atomic E-state index is 12.4. The number of carbonyl (C=O) groups is 1. The van der Waals surface area contributed by atoms with E-state index in [0.717, 1.165) is 11.3 Å². The molecule has 0 aliphatic carbocycles. The van der Waals surface area contributed by atoms with E-state index in [1.165, 1.54) is 4.68 Å². The summed E-state index contributed by atoms with van der Waals surface area (Å²) in [6, 6.07) is 14.5. The monoisotopic (exact) mass is 353 g/mol. The number of nitrogens with zero attached hydrogens (tertiary/aromatic N) is 3. The molecule has 0 saturated heterocycles. The normalized spacial score (nSPS) is 10.4. The van der Waals surface area contributed by atoms with Crippen molar-refractivity contribution < 1.29 is 14.3 Å². The average Bonchev–Trinajstić information content (AvgIpc) is 3.02. The highest BCUT2D eigenvalue weighted by atomic mass is 16.5. The Bertz CT molecular complexity index is 923. The minimum absolute atomic E-state index is 0.0655. The molecule has 1 amide bonds. The van der Waals surface area contributed by atoms with E-state index >= 15 is 0 Å². The van der Waals surface area contributed by atoms with E-state index in [-0.39, 0.29) is 11.5 Å². The van der Waals surface area contributed by atoms with Crippen LogP contribution >= 0.6 is 0 Å². The molecule has 0 aliphatic heterocycles. The molecule has 3 rings (SSSR count). The number of nitrogens with two attached hydrogens (primary N) is 1. The zero-order valence-electron chi connectivity index (χ0n) is 14.5. The van der Waals surface area contributed by atoms with Crippen LogP contribution in [0.3, 0.4) is 0 Å². The maximum Gasteiger partial charge on any atom is 0.280 e. The molecule has 3 aromatic rings. The minimum atomic E-state index is -0.437. The van der Waals surface area contributed by atoms with Crippen LogP contribution in [0.25, 0.3) is 0 Å². The molecule has 1 heterocycles. The van der Waals surface area contributed by atoms with Gasteiger partial charge < -0.3 is 20.5 Å². The molecule has 0 unspecified atom stereocenters. The second-order valence-corrected chi connectivity index (χ2v) is 5.52. The Morgan fingerprint density at radius 1 is 1.12 bits per heavy atom. The summed E-state index contributed by atoms with van der Waals surface area (Å²) in [5, 5.41) is 10.6. The van der Waals surface area contributed by atoms with E-state index in [1.807, 2.05) is 24.3 Å². The summed E-state index contributed by atoms with van der Waals surface area (Å²) in [7, 11) is 3.16. The second-order valence-electron chi connectivity index (χ2n) is 5.52. The summed E-state index contributed by atoms with van der Waals surface area (Å²) in [6.07, 6.45) is 0. The van der Waals surface area contributed by atoms with E-state index in [0.29, 0.717) is 18.0 Å². The molecular weight excluding hydrogens is 334 g/mol. The number of rotatable bonds is 6. The zero-order chi connectivity index (χ0) is 18.5. The number of methoxy groups -OCH3 is 2. The highest BCUT2D eigenvalue weighted by Gasteiger charge is 2.18. The van der Waals surface area contributed by atoms with Gasteiger partial charge in [-0.1, -0.05) is 23.4 Å². The lowest BCUT2D eigenvalue weighted by molar-refractivity contribution is 0.102. The van der Waals surface area contributed by atoms with Gasteiger partial charge in [-0.25, -0.2) is 4.68 Å². The lowest BCUT2D eigenvalue weighted by Gasteiger charge is -2.07. The fourth-order valence-electron chi connectivity index (χ4n) is 2.43. The van der Waals surface area contributed by atoms with Crippen molar-refractivity contribution in [3.8, 4) is 11.5 Å². The third-order valence-corrected chi connectivity index (χ3v) is 3.78. The molecule has 134 valence electrons. The van der Waals surface area contributed by atoms with Gasteiger partial charge in [0.25, 0.3) is 5.91 Å². The number of nitrogens with one attached hydrogen (secondary N) is 1. The first-order valence-electron chi connectivity index (χ1n) is 7.88. The Labute approximate surface area is 150 Å². The number of anilines is 2. The topological polar surface area (TPSA) is 104 Å². The van der Waals surface area contributed by atoms with E-state index in [2.05, 4.69) is 15.6 Å². The third kappa shape index (κ3) is 3.75. The van der Waals surface area contributed by atoms with Gasteiger partial charge in [0.15, 0.2) is 11.5 Å². The fourth-order valence-corrected chi connectivity index (χ4v) is 2.43. The number of hydrogen-bond acceptors (Lipinski definition) is 6. The number of benzene rings is 2. The Balaban J connectivity index is 1.76. The first-order chi connectivity index (χ1) is 12.6. The van der Waals surface area contributed by atoms with Crippen molar-refractivity contribution in [3.05, 3.63) is 59.8 Å². The van der Waals surface area contributed by atoms with Crippen LogP contribution in [0, 0.1) is 0 Å². The number of carbonyl (C=O) groups excluding carboxylic acids is 1. The fraction of sp³-hybridized carbons (Fsp3) is 0.167. The maximum atomic E-state index is 12.4. The first kappa shape index (κ1) is 17.3. The lowest BCUT2D eigenvalue weighted by Crippen LogP contribution is -2.15. The van der Waals surface area contributed by atoms with E-state index in [1.54, 1.807) is 38.5 Å². The molecule has 0 spiro atoms. The van der Waals surface area contributed by atoms with E-state index in [9.17, 15) is 4.79 Å². The van der Waals surface area contributed by atoms with Crippen molar-refractivity contribution in [2.75, 3.05) is 25.3 Å². The van der Waals surface area contributed by atoms with Crippen molar-refractivity contribution in [3.63, 3.8) is 0 Å². The SMILES string of the molecule is COc1cccc(Cn2nnc(C(=O)Nc3cccc(OC)c3)c2N)c1. The molecule has 3 N–H and O–H groups in total. The molecule has 0 bridgehead atoms. The molecule has 26 heavy (non-hydrogen) atoms. The van der Waals surface area contributed by atoms with Crippen LogP contribution in [0.5, 0.6) is 11.5 Å². The quantitative estimate of drug-likeness (QED) is 0.704. The Hall–Kier alpha value is -3.55. The highest BCUT2D eigenvalue weighted by Crippen LogP contribution is 2.19. The molecule has 8 heteroatoms. The highest BCUT2D eigenvalue weighted by molar-refractivity contribution is 6.05. The molecule has 0 saturated carbocycles. The summed E-state index contributed by atoms with van der Waals surface area (Å²) < 4.78 is 11.8. The standard InChI is InChI=1S/C18H19N5O3/c1-25-14-7-3-5-12(9-14)11-23-17(19)16(21-22-23)18(24)20-13-6-4-8-15(10-13)26-2/h3-10H,11,19H2,1-2H3,(H,20,24). The molecule has 0 aliphatic rings. The smallest absolute Gasteiger partial charge is 0.280 e. The summed E-state index contributed by atoms with van der Waals surface area (Å²) in [6.45, 7) is 0.377. The van der Waals surface area contributed by atoms with Crippen molar-refractivity contribution in [2.24, 2.45) is 0 Å². The summed E-state index contributed by atoms with van der Waals surface area (Å²) in [5.41, 5.74) is 7.63. The van der Waals surface area contributed by atoms with Gasteiger partial charge in [-0.3, -0.25) is 4.79 Å². The predicted octanol–water partition coefficient (Wildman–Crippen LogP) is 2.18. The van der Waals surface area contributed by atoms with Crippen molar-refractivity contribution in [2.45, 2.75) is 6.54 Å². The molecule has 1 aromatic heterocycles. The molecule has 2 aromatic carbocycles. The van der Waals surface area contributed by atoms with Gasteiger partial charge >= 0.3 is 0 Å². The number of nitrogen functional groups attached to an aromatic ring is 1. The van der Waals surface area contributed by atoms with Gasteiger partial charge in [0.2, 0.25) is 0 Å². The van der Waals surface area contributed by atoms with Crippen LogP contribution in [-0.2, 0) is 6.54 Å². The summed E-state index contributed by atoms with van der Waals surface area (Å²) >= 11 is 0. The second kappa shape index (κ2) is 7.56. The van der Waals surface area contributed by atoms with Crippen LogP contribution in [0.1, 0.15) is 16.1 Å². The van der Waals surface area contributed by atoms with Crippen molar-refractivity contribution >= 4 is 17.4 Å². The van der Waals surface area contributed by atoms with Crippen molar-refractivity contribution in [1.29, 1.82) is 0 Å². The van der Waals surface area contributed by atoms with Crippen LogP contribution in [0.15, 0.2) is 48.5 Å². The predicted molar refractivity (Wildman–Crippen MR) is 97.5 cm³/mol. The van der Waals surface area contributed by atoms with Crippen LogP contribution in [0.2, 0.25) is 0 Å². The van der Waals surface area contributed by atoms with Crippen LogP contribution in [0.4, 0.5) is 11.5 Å². The zero-order valence-corrected chi connectivity index (χ0v) is 14.5. The van der Waals surface area contributed by atoms with E-state index in [4.69, 9.17) is 15.2 Å². The van der Waals surface area contributed by atoms with E-state index < -0.39 is 5.91 Å². The number of amides is 1. The van der Waals surface area contributed by atoms with Gasteiger partial charge in [0.05, 0.1) is 20.8 Å². The summed E-state index contributed by atoms with van der Waals surface area (Å²) in [5.74, 6) is 1.12. The molecule has 8 nitrogen and oxygen atoms in total. The molecule has 0 atom stereocenters. The lowest BCUT2D eigenvalue weighted by atomic mass is 10.2. The minimum Gasteiger partial charge on any atom is -0.497 e. The number of hydrogen-bond donors (Lipinski definition) is 2. The largest absolute Gasteiger partial charge is 0.497 e. The molecule has 0 fully saturated rings. The summed E-state index contributed by atoms with van der Waals surface area (Å²) in [4.78, 5) is 12.4. The van der Waals surface area contributed by atoms with Crippen molar-refractivity contribution in [1.82, 2.24) is 15.0 Å². The van der Waals surface area contributed by atoms with Gasteiger partial charge in [-0.2, -0.15) is 0 Å². The Kier molecular flexibility index (Phi) is 5.02. The average molecular weight is 353 g/mol. The Morgan fingerprint density at radius 3 is 2.54 bits per heavy atom. The first-order valence-corrected chi connectivity index (χ1v) is 7.88. The van der Waals surface area contributed by atoms with Gasteiger partial charge in [0, 0.05) is 11.8 Å². The van der Waals surface area contributed by atoms with Crippen LogP contribution in [-0.4, -0.2) is 35.1 Å². The molecule has 0 radical (unpaired) electrons. The number of aromatic nitrogens is 3. The van der Waals surface area contributed by atoms with Crippen LogP contribution < -0.4 is 20.5 Å². The third-order valence-electron chi connectivity index (χ3n) is 3.78. The van der Waals surface area contributed by atoms with Gasteiger partial charge in [-0.15, -0.1) is 5.10 Å². The number of ether oxygens (including phenoxy) is 2.